The molecule has 1 aromatic carbocycles. The van der Waals surface area contributed by atoms with Crippen LogP contribution in [-0.2, 0) is 0 Å². The summed E-state index contributed by atoms with van der Waals surface area (Å²) in [7, 11) is 0. The lowest BCUT2D eigenvalue weighted by molar-refractivity contribution is 0.192. The van der Waals surface area contributed by atoms with Crippen molar-refractivity contribution in [2.75, 3.05) is 26.2 Å². The van der Waals surface area contributed by atoms with Crippen molar-refractivity contribution in [3.05, 3.63) is 41.2 Å². The van der Waals surface area contributed by atoms with Crippen LogP contribution in [-0.4, -0.2) is 62.7 Å². The van der Waals surface area contributed by atoms with Crippen LogP contribution in [0.25, 0.3) is 11.1 Å². The summed E-state index contributed by atoms with van der Waals surface area (Å²) in [4.78, 5) is 1.87. The monoisotopic (exact) mass is 378 g/mol. The van der Waals surface area contributed by atoms with E-state index in [9.17, 15) is 5.11 Å². The lowest BCUT2D eigenvalue weighted by Gasteiger charge is -2.34. The molecule has 1 aliphatic heterocycles. The van der Waals surface area contributed by atoms with Gasteiger partial charge in [0.05, 0.1) is 17.8 Å². The van der Waals surface area contributed by atoms with E-state index in [0.29, 0.717) is 35.4 Å². The molecule has 0 radical (unpaired) electrons. The molecule has 2 heterocycles. The fourth-order valence-corrected chi connectivity index (χ4v) is 3.74. The van der Waals surface area contributed by atoms with Crippen molar-refractivity contribution in [2.45, 2.75) is 6.04 Å². The van der Waals surface area contributed by atoms with Gasteiger partial charge >= 0.3 is 0 Å². The van der Waals surface area contributed by atoms with E-state index in [-0.39, 0.29) is 17.7 Å². The van der Waals surface area contributed by atoms with E-state index in [1.165, 1.54) is 0 Å². The summed E-state index contributed by atoms with van der Waals surface area (Å²) in [6, 6.07) is 5.44. The van der Waals surface area contributed by atoms with Gasteiger partial charge in [-0.1, -0.05) is 23.7 Å². The Morgan fingerprint density at radius 1 is 1.40 bits per heavy atom. The molecule has 0 aliphatic carbocycles. The Hall–Kier alpha value is -1.87. The fraction of sp³-hybridized carbons (Fsp3) is 0.312. The summed E-state index contributed by atoms with van der Waals surface area (Å²) in [5.41, 5.74) is 2.44. The first-order valence-electron chi connectivity index (χ1n) is 7.81. The Balaban J connectivity index is 1.67. The van der Waals surface area contributed by atoms with Crippen LogP contribution in [0.3, 0.4) is 0 Å². The normalized spacial score (nSPS) is 17.5. The average molecular weight is 379 g/mol. The number of piperazine rings is 1. The number of aliphatic hydroxyl groups excluding tert-OH is 1. The quantitative estimate of drug-likeness (QED) is 0.414. The number of hydrogen-bond acceptors (Lipinski definition) is 6. The molecule has 1 aromatic heterocycles. The van der Waals surface area contributed by atoms with Gasteiger partial charge < -0.3 is 15.3 Å². The van der Waals surface area contributed by atoms with Gasteiger partial charge in [0, 0.05) is 43.0 Å². The molecule has 0 spiro atoms. The minimum Gasteiger partial charge on any atom is -0.395 e. The van der Waals surface area contributed by atoms with Gasteiger partial charge in [0.15, 0.2) is 5.17 Å². The molecular weight excluding hydrogens is 360 g/mol. The molecule has 0 saturated carbocycles. The zero-order valence-electron chi connectivity index (χ0n) is 13.4. The van der Waals surface area contributed by atoms with Crippen LogP contribution in [0.15, 0.2) is 30.6 Å². The van der Waals surface area contributed by atoms with Crippen LogP contribution >= 0.6 is 23.4 Å². The SMILES string of the molecule is N=C(SC(=N)N1CCNC(CO)C1)c1ccc(-c2cn[nH]c2)cc1Cl. The third-order valence-corrected chi connectivity index (χ3v) is 5.20. The molecule has 0 amide bonds. The number of thioether (sulfide) groups is 1. The highest BCUT2D eigenvalue weighted by Crippen LogP contribution is 2.28. The highest BCUT2D eigenvalue weighted by molar-refractivity contribution is 8.26. The van der Waals surface area contributed by atoms with E-state index < -0.39 is 0 Å². The van der Waals surface area contributed by atoms with Crippen molar-refractivity contribution in [2.24, 2.45) is 0 Å². The highest BCUT2D eigenvalue weighted by Gasteiger charge is 2.22. The number of rotatable bonds is 3. The Morgan fingerprint density at radius 3 is 2.92 bits per heavy atom. The number of nitrogens with one attached hydrogen (secondary N) is 4. The molecule has 1 fully saturated rings. The number of nitrogens with zero attached hydrogens (tertiary/aromatic N) is 2. The summed E-state index contributed by atoms with van der Waals surface area (Å²) in [5.74, 6) is 0. The second kappa shape index (κ2) is 8.01. The number of aliphatic hydroxyl groups is 1. The second-order valence-corrected chi connectivity index (χ2v) is 7.10. The molecular formula is C16H19ClN6OS. The highest BCUT2D eigenvalue weighted by atomic mass is 35.5. The Morgan fingerprint density at radius 2 is 2.24 bits per heavy atom. The number of aromatic nitrogens is 2. The Labute approximate surface area is 154 Å². The number of halogens is 1. The van der Waals surface area contributed by atoms with Crippen molar-refractivity contribution < 1.29 is 5.11 Å². The molecule has 1 aliphatic rings. The molecule has 9 heteroatoms. The van der Waals surface area contributed by atoms with Crippen LogP contribution in [0.5, 0.6) is 0 Å². The standard InChI is InChI=1S/C16H19ClN6OS/c17-14-5-10(11-6-21-22-7-11)1-2-13(14)15(18)25-16(19)23-4-3-20-12(8-23)9-24/h1-2,5-7,12,18-20,24H,3-4,8-9H2,(H,21,22). The maximum atomic E-state index is 9.26. The number of H-pyrrole nitrogens is 1. The molecule has 5 N–H and O–H groups in total. The predicted octanol–water partition coefficient (Wildman–Crippen LogP) is 1.99. The maximum absolute atomic E-state index is 9.26. The van der Waals surface area contributed by atoms with E-state index >= 15 is 0 Å². The van der Waals surface area contributed by atoms with Crippen molar-refractivity contribution in [1.82, 2.24) is 20.4 Å². The van der Waals surface area contributed by atoms with E-state index in [4.69, 9.17) is 22.4 Å². The van der Waals surface area contributed by atoms with Gasteiger partial charge in [-0.05, 0) is 23.4 Å². The lowest BCUT2D eigenvalue weighted by atomic mass is 10.1. The van der Waals surface area contributed by atoms with Gasteiger partial charge in [-0.2, -0.15) is 5.10 Å². The molecule has 3 rings (SSSR count). The first-order chi connectivity index (χ1) is 12.1. The summed E-state index contributed by atoms with van der Waals surface area (Å²) in [6.45, 7) is 1.99. The summed E-state index contributed by atoms with van der Waals surface area (Å²) >= 11 is 7.41. The molecule has 7 nitrogen and oxygen atoms in total. The zero-order valence-corrected chi connectivity index (χ0v) is 15.0. The van der Waals surface area contributed by atoms with Crippen molar-refractivity contribution >= 4 is 33.6 Å². The predicted molar refractivity (Wildman–Crippen MR) is 102 cm³/mol. The number of benzene rings is 1. The van der Waals surface area contributed by atoms with Gasteiger partial charge in [-0.25, -0.2) is 0 Å². The van der Waals surface area contributed by atoms with Crippen LogP contribution in [0, 0.1) is 10.8 Å². The van der Waals surface area contributed by atoms with E-state index in [0.717, 1.165) is 22.9 Å². The first kappa shape index (κ1) is 17.9. The van der Waals surface area contributed by atoms with Crippen molar-refractivity contribution in [1.29, 1.82) is 10.8 Å². The second-order valence-electron chi connectivity index (χ2n) is 5.70. The minimum atomic E-state index is -0.0401. The van der Waals surface area contributed by atoms with Crippen LogP contribution in [0.2, 0.25) is 5.02 Å². The van der Waals surface area contributed by atoms with Crippen LogP contribution in [0.1, 0.15) is 5.56 Å². The van der Waals surface area contributed by atoms with Crippen molar-refractivity contribution in [3.63, 3.8) is 0 Å². The van der Waals surface area contributed by atoms with Gasteiger partial charge in [0.2, 0.25) is 0 Å². The fourth-order valence-electron chi connectivity index (χ4n) is 2.64. The third kappa shape index (κ3) is 4.21. The summed E-state index contributed by atoms with van der Waals surface area (Å²) in [5, 5.41) is 36.6. The van der Waals surface area contributed by atoms with E-state index in [1.54, 1.807) is 24.5 Å². The number of amidine groups is 1. The molecule has 0 bridgehead atoms. The molecule has 1 atom stereocenters. The summed E-state index contributed by atoms with van der Waals surface area (Å²) in [6.07, 6.45) is 3.49. The largest absolute Gasteiger partial charge is 0.395 e. The molecule has 1 saturated heterocycles. The number of aromatic amines is 1. The molecule has 2 aromatic rings. The molecule has 25 heavy (non-hydrogen) atoms. The van der Waals surface area contributed by atoms with Gasteiger partial charge in [-0.3, -0.25) is 15.9 Å². The third-order valence-electron chi connectivity index (χ3n) is 4.01. The average Bonchev–Trinajstić information content (AvgIpc) is 3.16. The lowest BCUT2D eigenvalue weighted by Crippen LogP contribution is -2.53. The Kier molecular flexibility index (Phi) is 5.74. The van der Waals surface area contributed by atoms with Crippen molar-refractivity contribution in [3.8, 4) is 11.1 Å². The maximum Gasteiger partial charge on any atom is 0.162 e. The Bertz CT molecular complexity index is 766. The van der Waals surface area contributed by atoms with Gasteiger partial charge in [0.25, 0.3) is 0 Å². The molecule has 1 unspecified atom stereocenters. The van der Waals surface area contributed by atoms with Gasteiger partial charge in [0.1, 0.15) is 5.04 Å². The first-order valence-corrected chi connectivity index (χ1v) is 9.01. The van der Waals surface area contributed by atoms with E-state index in [2.05, 4.69) is 15.5 Å². The van der Waals surface area contributed by atoms with Gasteiger partial charge in [-0.15, -0.1) is 0 Å². The smallest absolute Gasteiger partial charge is 0.162 e. The van der Waals surface area contributed by atoms with E-state index in [1.807, 2.05) is 11.0 Å². The zero-order chi connectivity index (χ0) is 17.8. The van der Waals surface area contributed by atoms with Crippen LogP contribution < -0.4 is 5.32 Å². The molecule has 132 valence electrons. The van der Waals surface area contributed by atoms with Crippen LogP contribution in [0.4, 0.5) is 0 Å². The number of hydrogen-bond donors (Lipinski definition) is 5. The topological polar surface area (TPSA) is 112 Å². The summed E-state index contributed by atoms with van der Waals surface area (Å²) < 4.78 is 0. The minimum absolute atomic E-state index is 0.0349.